The zero-order valence-electron chi connectivity index (χ0n) is 14.5. The number of hydrogen-bond acceptors (Lipinski definition) is 5. The molecule has 1 aliphatic heterocycles. The molecule has 26 heavy (non-hydrogen) atoms. The monoisotopic (exact) mass is 375 g/mol. The first-order valence-corrected chi connectivity index (χ1v) is 10.1. The number of carbonyl (C=O) groups excluding carboxylic acids is 1. The van der Waals surface area contributed by atoms with Crippen molar-refractivity contribution in [3.8, 4) is 11.5 Å². The van der Waals surface area contributed by atoms with E-state index >= 15 is 0 Å². The third-order valence-corrected chi connectivity index (χ3v) is 5.83. The first kappa shape index (κ1) is 18.3. The van der Waals surface area contributed by atoms with Crippen LogP contribution in [0, 0.1) is 0 Å². The summed E-state index contributed by atoms with van der Waals surface area (Å²) in [5.74, 6) is 0.336. The van der Waals surface area contributed by atoms with Gasteiger partial charge in [0.1, 0.15) is 13.2 Å². The molecule has 2 aromatic rings. The van der Waals surface area contributed by atoms with Crippen LogP contribution in [0.5, 0.6) is 11.5 Å². The largest absolute Gasteiger partial charge is 0.486 e. The molecule has 7 heteroatoms. The summed E-state index contributed by atoms with van der Waals surface area (Å²) in [6.07, 6.45) is 0.800. The van der Waals surface area contributed by atoms with Crippen LogP contribution in [0.4, 0.5) is 5.69 Å². The van der Waals surface area contributed by atoms with Crippen molar-refractivity contribution in [1.82, 2.24) is 0 Å². The van der Waals surface area contributed by atoms with Gasteiger partial charge in [-0.3, -0.25) is 4.79 Å². The molecule has 0 unspecified atom stereocenters. The van der Waals surface area contributed by atoms with E-state index in [-0.39, 0.29) is 23.0 Å². The van der Waals surface area contributed by atoms with Gasteiger partial charge in [0.25, 0.3) is 0 Å². The molecule has 0 bridgehead atoms. The zero-order valence-corrected chi connectivity index (χ0v) is 15.3. The van der Waals surface area contributed by atoms with Crippen molar-refractivity contribution in [2.75, 3.05) is 24.3 Å². The second-order valence-electron chi connectivity index (χ2n) is 5.97. The minimum Gasteiger partial charge on any atom is -0.486 e. The topological polar surface area (TPSA) is 81.7 Å². The van der Waals surface area contributed by atoms with E-state index in [1.807, 2.05) is 24.3 Å². The van der Waals surface area contributed by atoms with E-state index in [0.29, 0.717) is 30.4 Å². The summed E-state index contributed by atoms with van der Waals surface area (Å²) in [4.78, 5) is 12.2. The molecule has 0 saturated heterocycles. The quantitative estimate of drug-likeness (QED) is 0.840. The Labute approximate surface area is 153 Å². The van der Waals surface area contributed by atoms with E-state index in [2.05, 4.69) is 12.2 Å². The van der Waals surface area contributed by atoms with Crippen LogP contribution in [0.15, 0.2) is 47.4 Å². The van der Waals surface area contributed by atoms with Crippen molar-refractivity contribution in [2.45, 2.75) is 24.7 Å². The van der Waals surface area contributed by atoms with Gasteiger partial charge < -0.3 is 14.8 Å². The molecule has 0 aliphatic carbocycles. The average molecular weight is 375 g/mol. The molecule has 0 aromatic heterocycles. The second-order valence-corrected chi connectivity index (χ2v) is 8.08. The van der Waals surface area contributed by atoms with Crippen LogP contribution in [0.3, 0.4) is 0 Å². The molecule has 2 aromatic carbocycles. The molecular weight excluding hydrogens is 354 g/mol. The standard InChI is InChI=1S/C19H21NO5S/c1-2-14-3-5-15(6-4-14)20-19(21)9-12-26(22,23)16-7-8-17-18(13-16)25-11-10-24-17/h3-8,13H,2,9-12H2,1H3,(H,20,21). The van der Waals surface area contributed by atoms with E-state index in [1.165, 1.54) is 17.7 Å². The number of nitrogens with one attached hydrogen (secondary N) is 1. The number of amides is 1. The SMILES string of the molecule is CCc1ccc(NC(=O)CCS(=O)(=O)c2ccc3c(c2)OCCO3)cc1. The van der Waals surface area contributed by atoms with Crippen LogP contribution < -0.4 is 14.8 Å². The zero-order chi connectivity index (χ0) is 18.6. The minimum atomic E-state index is -3.59. The molecule has 1 N–H and O–H groups in total. The van der Waals surface area contributed by atoms with Crippen LogP contribution >= 0.6 is 0 Å². The fraction of sp³-hybridized carbons (Fsp3) is 0.316. The Kier molecular flexibility index (Phi) is 5.46. The fourth-order valence-corrected chi connectivity index (χ4v) is 3.86. The normalized spacial score (nSPS) is 13.3. The molecule has 0 spiro atoms. The number of aryl methyl sites for hydroxylation is 1. The van der Waals surface area contributed by atoms with Gasteiger partial charge in [-0.1, -0.05) is 19.1 Å². The molecule has 6 nitrogen and oxygen atoms in total. The fourth-order valence-electron chi connectivity index (χ4n) is 2.61. The van der Waals surface area contributed by atoms with Gasteiger partial charge in [0.2, 0.25) is 5.91 Å². The van der Waals surface area contributed by atoms with Gasteiger partial charge in [0.05, 0.1) is 10.6 Å². The maximum atomic E-state index is 12.5. The van der Waals surface area contributed by atoms with Gasteiger partial charge in [0.15, 0.2) is 21.3 Å². The van der Waals surface area contributed by atoms with Gasteiger partial charge in [-0.05, 0) is 36.2 Å². The molecule has 138 valence electrons. The first-order valence-electron chi connectivity index (χ1n) is 8.49. The van der Waals surface area contributed by atoms with Gasteiger partial charge >= 0.3 is 0 Å². The minimum absolute atomic E-state index is 0.119. The Balaban J connectivity index is 1.61. The predicted octanol–water partition coefficient (Wildman–Crippen LogP) is 2.82. The van der Waals surface area contributed by atoms with E-state index in [9.17, 15) is 13.2 Å². The van der Waals surface area contributed by atoms with Crippen LogP contribution in [0.25, 0.3) is 0 Å². The van der Waals surface area contributed by atoms with Crippen molar-refractivity contribution in [1.29, 1.82) is 0 Å². The Morgan fingerprint density at radius 2 is 1.73 bits per heavy atom. The Morgan fingerprint density at radius 1 is 1.04 bits per heavy atom. The van der Waals surface area contributed by atoms with E-state index in [4.69, 9.17) is 9.47 Å². The Bertz CT molecular complexity index is 891. The van der Waals surface area contributed by atoms with E-state index in [1.54, 1.807) is 6.07 Å². The molecule has 1 amide bonds. The molecule has 3 rings (SSSR count). The third kappa shape index (κ3) is 4.35. The van der Waals surface area contributed by atoms with Crippen LogP contribution in [0.2, 0.25) is 0 Å². The summed E-state index contributed by atoms with van der Waals surface area (Å²) < 4.78 is 35.8. The van der Waals surface area contributed by atoms with Gasteiger partial charge in [-0.25, -0.2) is 8.42 Å². The highest BCUT2D eigenvalue weighted by molar-refractivity contribution is 7.91. The molecule has 0 atom stereocenters. The van der Waals surface area contributed by atoms with Crippen LogP contribution in [-0.4, -0.2) is 33.3 Å². The Morgan fingerprint density at radius 3 is 2.42 bits per heavy atom. The molecular formula is C19H21NO5S. The van der Waals surface area contributed by atoms with Gasteiger partial charge in [-0.15, -0.1) is 0 Å². The maximum Gasteiger partial charge on any atom is 0.225 e. The van der Waals surface area contributed by atoms with Crippen molar-refractivity contribution < 1.29 is 22.7 Å². The van der Waals surface area contributed by atoms with Crippen LogP contribution in [-0.2, 0) is 21.1 Å². The number of ether oxygens (including phenoxy) is 2. The number of rotatable bonds is 6. The Hall–Kier alpha value is -2.54. The third-order valence-electron chi connectivity index (χ3n) is 4.12. The molecule has 0 radical (unpaired) electrons. The number of benzene rings is 2. The van der Waals surface area contributed by atoms with Crippen molar-refractivity contribution in [3.63, 3.8) is 0 Å². The highest BCUT2D eigenvalue weighted by atomic mass is 32.2. The lowest BCUT2D eigenvalue weighted by Crippen LogP contribution is -2.18. The smallest absolute Gasteiger partial charge is 0.225 e. The number of hydrogen-bond donors (Lipinski definition) is 1. The number of sulfone groups is 1. The molecule has 0 saturated carbocycles. The van der Waals surface area contributed by atoms with Crippen LogP contribution in [0.1, 0.15) is 18.9 Å². The predicted molar refractivity (Wildman–Crippen MR) is 98.6 cm³/mol. The summed E-state index contributed by atoms with van der Waals surface area (Å²) in [7, 11) is -3.59. The lowest BCUT2D eigenvalue weighted by molar-refractivity contribution is -0.115. The lowest BCUT2D eigenvalue weighted by Gasteiger charge is -2.18. The maximum absolute atomic E-state index is 12.5. The van der Waals surface area contributed by atoms with Crippen molar-refractivity contribution >= 4 is 21.4 Å². The highest BCUT2D eigenvalue weighted by Crippen LogP contribution is 2.32. The van der Waals surface area contributed by atoms with E-state index in [0.717, 1.165) is 6.42 Å². The molecule has 1 heterocycles. The summed E-state index contributed by atoms with van der Waals surface area (Å²) >= 11 is 0. The number of anilines is 1. The van der Waals surface area contributed by atoms with Crippen molar-refractivity contribution in [2.24, 2.45) is 0 Å². The highest BCUT2D eigenvalue weighted by Gasteiger charge is 2.20. The second kappa shape index (κ2) is 7.78. The van der Waals surface area contributed by atoms with Gasteiger partial charge in [-0.2, -0.15) is 0 Å². The van der Waals surface area contributed by atoms with Gasteiger partial charge in [0, 0.05) is 18.2 Å². The lowest BCUT2D eigenvalue weighted by atomic mass is 10.1. The summed E-state index contributed by atoms with van der Waals surface area (Å²) in [5, 5.41) is 2.72. The first-order chi connectivity index (χ1) is 12.5. The average Bonchev–Trinajstić information content (AvgIpc) is 2.67. The number of carbonyl (C=O) groups is 1. The summed E-state index contributed by atoms with van der Waals surface area (Å²) in [5.41, 5.74) is 1.83. The van der Waals surface area contributed by atoms with Crippen molar-refractivity contribution in [3.05, 3.63) is 48.0 Å². The number of fused-ring (bicyclic) bond motifs is 1. The summed E-state index contributed by atoms with van der Waals surface area (Å²) in [6, 6.07) is 12.0. The molecule has 1 aliphatic rings. The van der Waals surface area contributed by atoms with E-state index < -0.39 is 9.84 Å². The molecule has 0 fully saturated rings. The summed E-state index contributed by atoms with van der Waals surface area (Å²) in [6.45, 7) is 2.88.